The maximum absolute atomic E-state index is 12.8. The maximum atomic E-state index is 12.8. The number of benzene rings is 2. The first-order valence-corrected chi connectivity index (χ1v) is 8.13. The van der Waals surface area contributed by atoms with Gasteiger partial charge < -0.3 is 5.73 Å². The minimum Gasteiger partial charge on any atom is -0.326 e. The van der Waals surface area contributed by atoms with Crippen molar-refractivity contribution in [1.82, 2.24) is 4.72 Å². The van der Waals surface area contributed by atoms with Gasteiger partial charge in [-0.15, -0.1) is 0 Å². The van der Waals surface area contributed by atoms with E-state index in [1.807, 2.05) is 6.07 Å². The van der Waals surface area contributed by atoms with Gasteiger partial charge in [0.25, 0.3) is 0 Å². The van der Waals surface area contributed by atoms with Crippen LogP contribution in [-0.4, -0.2) is 8.42 Å². The second-order valence-electron chi connectivity index (χ2n) is 4.73. The van der Waals surface area contributed by atoms with E-state index in [9.17, 15) is 12.8 Å². The lowest BCUT2D eigenvalue weighted by atomic mass is 10.1. The molecule has 6 heteroatoms. The molecule has 0 saturated heterocycles. The van der Waals surface area contributed by atoms with Crippen LogP contribution in [0.4, 0.5) is 4.39 Å². The molecule has 0 saturated carbocycles. The van der Waals surface area contributed by atoms with Crippen molar-refractivity contribution in [1.29, 1.82) is 0 Å². The van der Waals surface area contributed by atoms with Gasteiger partial charge in [0, 0.05) is 13.1 Å². The minimum atomic E-state index is -3.45. The Balaban J connectivity index is 1.99. The molecule has 0 unspecified atom stereocenters. The molecule has 2 rings (SSSR count). The summed E-state index contributed by atoms with van der Waals surface area (Å²) in [6, 6.07) is 12.9. The van der Waals surface area contributed by atoms with Crippen molar-refractivity contribution in [3.63, 3.8) is 0 Å². The number of nitrogens with two attached hydrogens (primary N) is 1. The topological polar surface area (TPSA) is 72.2 Å². The molecule has 0 bridgehead atoms. The summed E-state index contributed by atoms with van der Waals surface area (Å²) in [5.41, 5.74) is 7.81. The highest BCUT2D eigenvalue weighted by molar-refractivity contribution is 7.88. The number of hydrogen-bond acceptors (Lipinski definition) is 3. The van der Waals surface area contributed by atoms with Crippen LogP contribution in [0.3, 0.4) is 0 Å². The molecule has 0 atom stereocenters. The molecule has 2 aromatic carbocycles. The van der Waals surface area contributed by atoms with Crippen LogP contribution in [0.2, 0.25) is 0 Å². The molecule has 0 aliphatic heterocycles. The number of sulfonamides is 1. The summed E-state index contributed by atoms with van der Waals surface area (Å²) in [5.74, 6) is -0.456. The van der Waals surface area contributed by atoms with Crippen LogP contribution in [0.1, 0.15) is 16.7 Å². The van der Waals surface area contributed by atoms with Crippen LogP contribution >= 0.6 is 0 Å². The summed E-state index contributed by atoms with van der Waals surface area (Å²) in [5, 5.41) is 0. The smallest absolute Gasteiger partial charge is 0.216 e. The number of halogens is 1. The molecule has 0 aromatic heterocycles. The van der Waals surface area contributed by atoms with E-state index >= 15 is 0 Å². The monoisotopic (exact) mass is 308 g/mol. The first kappa shape index (κ1) is 15.6. The van der Waals surface area contributed by atoms with E-state index < -0.39 is 10.0 Å². The average Bonchev–Trinajstić information content (AvgIpc) is 2.46. The standard InChI is InChI=1S/C15H17FN2O2S/c16-15-6-4-12(5-7-15)10-18-21(19,20)11-14-3-1-2-13(8-14)9-17/h1-8,18H,9-11,17H2. The third kappa shape index (κ3) is 4.93. The van der Waals surface area contributed by atoms with E-state index in [0.717, 1.165) is 5.56 Å². The molecular formula is C15H17FN2O2S. The Labute approximate surface area is 123 Å². The van der Waals surface area contributed by atoms with Gasteiger partial charge in [0.05, 0.1) is 5.75 Å². The molecule has 3 N–H and O–H groups in total. The molecule has 2 aromatic rings. The van der Waals surface area contributed by atoms with E-state index in [4.69, 9.17) is 5.73 Å². The van der Waals surface area contributed by atoms with Gasteiger partial charge >= 0.3 is 0 Å². The minimum absolute atomic E-state index is 0.109. The predicted octanol–water partition coefficient (Wildman–Crippen LogP) is 1.90. The van der Waals surface area contributed by atoms with Gasteiger partial charge in [-0.05, 0) is 28.8 Å². The van der Waals surface area contributed by atoms with Crippen molar-refractivity contribution in [3.05, 3.63) is 71.0 Å². The van der Waals surface area contributed by atoms with Crippen LogP contribution in [0.25, 0.3) is 0 Å². The quantitative estimate of drug-likeness (QED) is 0.856. The molecule has 0 fully saturated rings. The van der Waals surface area contributed by atoms with Crippen molar-refractivity contribution in [2.45, 2.75) is 18.8 Å². The fourth-order valence-electron chi connectivity index (χ4n) is 1.91. The molecule has 0 radical (unpaired) electrons. The summed E-state index contributed by atoms with van der Waals surface area (Å²) in [4.78, 5) is 0. The SMILES string of the molecule is NCc1cccc(CS(=O)(=O)NCc2ccc(F)cc2)c1. The largest absolute Gasteiger partial charge is 0.326 e. The summed E-state index contributed by atoms with van der Waals surface area (Å²) in [6.07, 6.45) is 0. The lowest BCUT2D eigenvalue weighted by Crippen LogP contribution is -2.24. The van der Waals surface area contributed by atoms with Crippen LogP contribution in [0.15, 0.2) is 48.5 Å². The molecule has 21 heavy (non-hydrogen) atoms. The molecular weight excluding hydrogens is 291 g/mol. The van der Waals surface area contributed by atoms with Gasteiger partial charge in [0.2, 0.25) is 10.0 Å². The number of hydrogen-bond donors (Lipinski definition) is 2. The fourth-order valence-corrected chi connectivity index (χ4v) is 3.02. The van der Waals surface area contributed by atoms with Gasteiger partial charge in [-0.25, -0.2) is 17.5 Å². The van der Waals surface area contributed by atoms with Crippen molar-refractivity contribution < 1.29 is 12.8 Å². The number of nitrogens with one attached hydrogen (secondary N) is 1. The van der Waals surface area contributed by atoms with E-state index in [1.165, 1.54) is 12.1 Å². The Kier molecular flexibility index (Phi) is 5.06. The van der Waals surface area contributed by atoms with Crippen LogP contribution < -0.4 is 10.5 Å². The van der Waals surface area contributed by atoms with Crippen LogP contribution in [0, 0.1) is 5.82 Å². The predicted molar refractivity (Wildman–Crippen MR) is 80.2 cm³/mol. The Bertz CT molecular complexity index is 700. The Morgan fingerprint density at radius 1 is 1.00 bits per heavy atom. The van der Waals surface area contributed by atoms with Crippen LogP contribution in [0.5, 0.6) is 0 Å². The van der Waals surface area contributed by atoms with Gasteiger partial charge in [-0.2, -0.15) is 0 Å². The molecule has 112 valence electrons. The van der Waals surface area contributed by atoms with E-state index in [2.05, 4.69) is 4.72 Å². The van der Waals surface area contributed by atoms with Crippen LogP contribution in [-0.2, 0) is 28.9 Å². The second kappa shape index (κ2) is 6.80. The molecule has 0 amide bonds. The summed E-state index contributed by atoms with van der Waals surface area (Å²) >= 11 is 0. The molecule has 0 aliphatic carbocycles. The Hall–Kier alpha value is -1.76. The summed E-state index contributed by atoms with van der Waals surface area (Å²) in [6.45, 7) is 0.510. The normalized spacial score (nSPS) is 11.5. The lowest BCUT2D eigenvalue weighted by Gasteiger charge is -2.08. The van der Waals surface area contributed by atoms with Gasteiger partial charge in [0.15, 0.2) is 0 Å². The first-order valence-electron chi connectivity index (χ1n) is 6.48. The molecule has 4 nitrogen and oxygen atoms in total. The van der Waals surface area contributed by atoms with Crippen molar-refractivity contribution in [2.24, 2.45) is 5.73 Å². The third-order valence-electron chi connectivity index (χ3n) is 2.99. The summed E-state index contributed by atoms with van der Waals surface area (Å²) in [7, 11) is -3.45. The highest BCUT2D eigenvalue weighted by atomic mass is 32.2. The average molecular weight is 308 g/mol. The lowest BCUT2D eigenvalue weighted by molar-refractivity contribution is 0.580. The van der Waals surface area contributed by atoms with Gasteiger partial charge in [0.1, 0.15) is 5.82 Å². The van der Waals surface area contributed by atoms with Gasteiger partial charge in [-0.3, -0.25) is 0 Å². The Morgan fingerprint density at radius 3 is 2.33 bits per heavy atom. The number of rotatable bonds is 6. The van der Waals surface area contributed by atoms with E-state index in [-0.39, 0.29) is 18.1 Å². The zero-order chi connectivity index (χ0) is 15.3. The summed E-state index contributed by atoms with van der Waals surface area (Å²) < 4.78 is 39.3. The second-order valence-corrected chi connectivity index (χ2v) is 6.54. The van der Waals surface area contributed by atoms with Gasteiger partial charge in [-0.1, -0.05) is 36.4 Å². The maximum Gasteiger partial charge on any atom is 0.216 e. The zero-order valence-electron chi connectivity index (χ0n) is 11.4. The zero-order valence-corrected chi connectivity index (χ0v) is 12.2. The van der Waals surface area contributed by atoms with E-state index in [0.29, 0.717) is 17.7 Å². The molecule has 0 heterocycles. The molecule has 0 aliphatic rings. The Morgan fingerprint density at radius 2 is 1.67 bits per heavy atom. The van der Waals surface area contributed by atoms with Crippen molar-refractivity contribution >= 4 is 10.0 Å². The van der Waals surface area contributed by atoms with Crippen molar-refractivity contribution in [2.75, 3.05) is 0 Å². The van der Waals surface area contributed by atoms with E-state index in [1.54, 1.807) is 30.3 Å². The highest BCUT2D eigenvalue weighted by Crippen LogP contribution is 2.09. The third-order valence-corrected chi connectivity index (χ3v) is 4.29. The molecule has 0 spiro atoms. The highest BCUT2D eigenvalue weighted by Gasteiger charge is 2.11. The fraction of sp³-hybridized carbons (Fsp3) is 0.200. The van der Waals surface area contributed by atoms with Crippen molar-refractivity contribution in [3.8, 4) is 0 Å². The first-order chi connectivity index (χ1) is 9.98.